The summed E-state index contributed by atoms with van der Waals surface area (Å²) in [6.07, 6.45) is 5.17. The van der Waals surface area contributed by atoms with Crippen LogP contribution in [0.2, 0.25) is 0 Å². The third-order valence-corrected chi connectivity index (χ3v) is 3.03. The molecular formula is C12H17NO3. The zero-order valence-electron chi connectivity index (χ0n) is 9.78. The predicted molar refractivity (Wildman–Crippen MR) is 58.4 cm³/mol. The Labute approximate surface area is 95.0 Å². The highest BCUT2D eigenvalue weighted by Crippen LogP contribution is 2.36. The number of hydrogen-bond acceptors (Lipinski definition) is 4. The Bertz CT molecular complexity index is 380. The number of methoxy groups -OCH3 is 1. The SMILES string of the molecule is CCCc1nc(C2CCC2)oc1C(=O)OC. The number of rotatable bonds is 4. The predicted octanol–water partition coefficient (Wildman–Crippen LogP) is 2.68. The lowest BCUT2D eigenvalue weighted by Gasteiger charge is -2.21. The Morgan fingerprint density at radius 1 is 1.56 bits per heavy atom. The number of oxazole rings is 1. The summed E-state index contributed by atoms with van der Waals surface area (Å²) in [5.74, 6) is 1.01. The molecule has 2 rings (SSSR count). The van der Waals surface area contributed by atoms with E-state index in [0.29, 0.717) is 11.7 Å². The van der Waals surface area contributed by atoms with E-state index in [-0.39, 0.29) is 0 Å². The first-order valence-electron chi connectivity index (χ1n) is 5.84. The summed E-state index contributed by atoms with van der Waals surface area (Å²) in [5.41, 5.74) is 0.747. The molecule has 88 valence electrons. The molecule has 0 saturated heterocycles. The molecule has 1 heterocycles. The van der Waals surface area contributed by atoms with Crippen LogP contribution < -0.4 is 0 Å². The van der Waals surface area contributed by atoms with Gasteiger partial charge >= 0.3 is 5.97 Å². The van der Waals surface area contributed by atoms with Crippen LogP contribution in [-0.4, -0.2) is 18.1 Å². The first-order chi connectivity index (χ1) is 7.76. The number of nitrogens with zero attached hydrogens (tertiary/aromatic N) is 1. The average Bonchev–Trinajstić information content (AvgIpc) is 2.59. The second-order valence-corrected chi connectivity index (χ2v) is 4.20. The van der Waals surface area contributed by atoms with Gasteiger partial charge in [0.15, 0.2) is 5.89 Å². The zero-order chi connectivity index (χ0) is 11.5. The summed E-state index contributed by atoms with van der Waals surface area (Å²) in [6, 6.07) is 0. The van der Waals surface area contributed by atoms with E-state index in [0.717, 1.165) is 37.3 Å². The Morgan fingerprint density at radius 3 is 2.81 bits per heavy atom. The minimum absolute atomic E-state index is 0.297. The van der Waals surface area contributed by atoms with E-state index in [2.05, 4.69) is 11.9 Å². The first kappa shape index (κ1) is 11.2. The molecule has 0 aromatic carbocycles. The minimum atomic E-state index is -0.415. The van der Waals surface area contributed by atoms with Gasteiger partial charge in [-0.1, -0.05) is 19.8 Å². The quantitative estimate of drug-likeness (QED) is 0.736. The van der Waals surface area contributed by atoms with Gasteiger partial charge in [-0.2, -0.15) is 0 Å². The van der Waals surface area contributed by atoms with Crippen LogP contribution >= 0.6 is 0 Å². The molecule has 1 fully saturated rings. The number of carbonyl (C=O) groups is 1. The van der Waals surface area contributed by atoms with Crippen molar-refractivity contribution in [1.82, 2.24) is 4.98 Å². The standard InChI is InChI=1S/C12H17NO3/c1-3-5-9-10(12(14)15-2)16-11(13-9)8-6-4-7-8/h8H,3-7H2,1-2H3. The van der Waals surface area contributed by atoms with E-state index >= 15 is 0 Å². The van der Waals surface area contributed by atoms with Crippen LogP contribution in [0.4, 0.5) is 0 Å². The fourth-order valence-electron chi connectivity index (χ4n) is 1.86. The van der Waals surface area contributed by atoms with Gasteiger partial charge in [0.25, 0.3) is 0 Å². The molecule has 0 N–H and O–H groups in total. The van der Waals surface area contributed by atoms with Crippen molar-refractivity contribution in [2.45, 2.75) is 44.9 Å². The summed E-state index contributed by atoms with van der Waals surface area (Å²) in [5, 5.41) is 0. The molecule has 0 aliphatic heterocycles. The van der Waals surface area contributed by atoms with Crippen molar-refractivity contribution in [3.8, 4) is 0 Å². The second-order valence-electron chi connectivity index (χ2n) is 4.20. The second kappa shape index (κ2) is 4.68. The van der Waals surface area contributed by atoms with Crippen LogP contribution in [0.5, 0.6) is 0 Å². The Morgan fingerprint density at radius 2 is 2.31 bits per heavy atom. The van der Waals surface area contributed by atoms with Crippen molar-refractivity contribution in [2.75, 3.05) is 7.11 Å². The zero-order valence-corrected chi connectivity index (χ0v) is 9.78. The monoisotopic (exact) mass is 223 g/mol. The molecule has 1 aromatic heterocycles. The molecule has 1 aromatic rings. The number of carbonyl (C=O) groups excluding carboxylic acids is 1. The van der Waals surface area contributed by atoms with Crippen molar-refractivity contribution in [2.24, 2.45) is 0 Å². The van der Waals surface area contributed by atoms with E-state index in [1.54, 1.807) is 0 Å². The maximum absolute atomic E-state index is 11.5. The average molecular weight is 223 g/mol. The van der Waals surface area contributed by atoms with Gasteiger partial charge in [-0.3, -0.25) is 0 Å². The molecule has 4 heteroatoms. The van der Waals surface area contributed by atoms with Crippen molar-refractivity contribution in [1.29, 1.82) is 0 Å². The number of ether oxygens (including phenoxy) is 1. The molecule has 16 heavy (non-hydrogen) atoms. The first-order valence-corrected chi connectivity index (χ1v) is 5.84. The van der Waals surface area contributed by atoms with Gasteiger partial charge in [-0.05, 0) is 19.3 Å². The van der Waals surface area contributed by atoms with Crippen LogP contribution in [0, 0.1) is 0 Å². The van der Waals surface area contributed by atoms with Gasteiger partial charge in [0.05, 0.1) is 12.8 Å². The highest BCUT2D eigenvalue weighted by Gasteiger charge is 2.28. The maximum atomic E-state index is 11.5. The van der Waals surface area contributed by atoms with Gasteiger partial charge in [0, 0.05) is 5.92 Å². The molecule has 0 bridgehead atoms. The largest absolute Gasteiger partial charge is 0.463 e. The summed E-state index contributed by atoms with van der Waals surface area (Å²) >= 11 is 0. The van der Waals surface area contributed by atoms with Crippen molar-refractivity contribution < 1.29 is 13.9 Å². The molecule has 1 aliphatic rings. The van der Waals surface area contributed by atoms with Gasteiger partial charge in [0.2, 0.25) is 5.76 Å². The van der Waals surface area contributed by atoms with Crippen LogP contribution in [0.25, 0.3) is 0 Å². The van der Waals surface area contributed by atoms with E-state index in [1.165, 1.54) is 13.5 Å². The van der Waals surface area contributed by atoms with Crippen LogP contribution in [0.1, 0.15) is 60.7 Å². The van der Waals surface area contributed by atoms with Gasteiger partial charge in [-0.25, -0.2) is 9.78 Å². The molecule has 0 spiro atoms. The van der Waals surface area contributed by atoms with Gasteiger partial charge in [0.1, 0.15) is 0 Å². The van der Waals surface area contributed by atoms with E-state index in [4.69, 9.17) is 9.15 Å². The smallest absolute Gasteiger partial charge is 0.375 e. The van der Waals surface area contributed by atoms with E-state index < -0.39 is 5.97 Å². The molecule has 4 nitrogen and oxygen atoms in total. The highest BCUT2D eigenvalue weighted by molar-refractivity contribution is 5.87. The Kier molecular flexibility index (Phi) is 3.27. The number of aryl methyl sites for hydroxylation is 1. The van der Waals surface area contributed by atoms with Crippen molar-refractivity contribution >= 4 is 5.97 Å². The number of esters is 1. The molecular weight excluding hydrogens is 206 g/mol. The summed E-state index contributed by atoms with van der Waals surface area (Å²) < 4.78 is 10.2. The lowest BCUT2D eigenvalue weighted by molar-refractivity contribution is 0.0559. The molecule has 0 atom stereocenters. The van der Waals surface area contributed by atoms with Crippen LogP contribution in [-0.2, 0) is 11.2 Å². The molecule has 1 aliphatic carbocycles. The summed E-state index contributed by atoms with van der Waals surface area (Å²) in [6.45, 7) is 2.05. The summed E-state index contributed by atoms with van der Waals surface area (Å²) in [7, 11) is 1.36. The van der Waals surface area contributed by atoms with Crippen molar-refractivity contribution in [3.63, 3.8) is 0 Å². The third-order valence-electron chi connectivity index (χ3n) is 3.03. The van der Waals surface area contributed by atoms with Gasteiger partial charge in [-0.15, -0.1) is 0 Å². The lowest BCUT2D eigenvalue weighted by Crippen LogP contribution is -2.08. The topological polar surface area (TPSA) is 52.3 Å². The fraction of sp³-hybridized carbons (Fsp3) is 0.667. The third kappa shape index (κ3) is 1.96. The molecule has 0 radical (unpaired) electrons. The molecule has 0 amide bonds. The van der Waals surface area contributed by atoms with E-state index in [9.17, 15) is 4.79 Å². The fourth-order valence-corrected chi connectivity index (χ4v) is 1.86. The minimum Gasteiger partial charge on any atom is -0.463 e. The van der Waals surface area contributed by atoms with E-state index in [1.807, 2.05) is 0 Å². The van der Waals surface area contributed by atoms with Crippen molar-refractivity contribution in [3.05, 3.63) is 17.3 Å². The maximum Gasteiger partial charge on any atom is 0.375 e. The number of hydrogen-bond donors (Lipinski definition) is 0. The molecule has 0 unspecified atom stereocenters. The highest BCUT2D eigenvalue weighted by atomic mass is 16.5. The Balaban J connectivity index is 2.25. The molecule has 1 saturated carbocycles. The summed E-state index contributed by atoms with van der Waals surface area (Å²) in [4.78, 5) is 15.9. The lowest BCUT2D eigenvalue weighted by atomic mass is 9.85. The van der Waals surface area contributed by atoms with Crippen LogP contribution in [0.3, 0.4) is 0 Å². The Hall–Kier alpha value is -1.32. The van der Waals surface area contributed by atoms with Gasteiger partial charge < -0.3 is 9.15 Å². The van der Waals surface area contributed by atoms with Crippen LogP contribution in [0.15, 0.2) is 4.42 Å². The normalized spacial score (nSPS) is 15.9. The number of aromatic nitrogens is 1.